The number of methoxy groups -OCH3 is 1. The third kappa shape index (κ3) is 3.89. The molecule has 0 aliphatic carbocycles. The van der Waals surface area contributed by atoms with Gasteiger partial charge < -0.3 is 9.64 Å². The van der Waals surface area contributed by atoms with Crippen molar-refractivity contribution in [3.63, 3.8) is 0 Å². The molecule has 1 fully saturated rings. The maximum absolute atomic E-state index is 12.6. The maximum atomic E-state index is 12.6. The second kappa shape index (κ2) is 7.89. The lowest BCUT2D eigenvalue weighted by Gasteiger charge is -2.44. The molecule has 2 rings (SSSR count). The van der Waals surface area contributed by atoms with Crippen molar-refractivity contribution in [2.45, 2.75) is 53.6 Å². The lowest BCUT2D eigenvalue weighted by Crippen LogP contribution is -2.57. The first-order chi connectivity index (χ1) is 12.2. The number of carbonyl (C=O) groups is 3. The van der Waals surface area contributed by atoms with E-state index in [1.807, 2.05) is 32.9 Å². The van der Waals surface area contributed by atoms with E-state index in [2.05, 4.69) is 0 Å². The summed E-state index contributed by atoms with van der Waals surface area (Å²) in [7, 11) is 1.37. The number of benzene rings is 1. The Morgan fingerprint density at radius 3 is 2.15 bits per heavy atom. The zero-order chi connectivity index (χ0) is 19.6. The van der Waals surface area contributed by atoms with E-state index in [1.54, 1.807) is 9.80 Å². The van der Waals surface area contributed by atoms with Crippen molar-refractivity contribution in [2.24, 2.45) is 5.92 Å². The molecule has 1 aliphatic heterocycles. The highest BCUT2D eigenvalue weighted by Crippen LogP contribution is 2.34. The van der Waals surface area contributed by atoms with Gasteiger partial charge in [-0.05, 0) is 38.3 Å². The summed E-state index contributed by atoms with van der Waals surface area (Å²) in [5.41, 5.74) is 3.87. The van der Waals surface area contributed by atoms with Crippen molar-refractivity contribution in [1.29, 1.82) is 0 Å². The second-order valence-electron chi connectivity index (χ2n) is 7.07. The van der Waals surface area contributed by atoms with E-state index in [0.29, 0.717) is 19.4 Å². The number of anilines is 1. The number of hydrogen-bond donors (Lipinski definition) is 0. The summed E-state index contributed by atoms with van der Waals surface area (Å²) < 4.78 is 4.90. The highest BCUT2D eigenvalue weighted by atomic mass is 16.5. The van der Waals surface area contributed by atoms with Crippen LogP contribution in [0, 0.1) is 26.7 Å². The molecule has 1 heterocycles. The Morgan fingerprint density at radius 1 is 1.12 bits per heavy atom. The third-order valence-corrected chi connectivity index (χ3v) is 5.03. The molecule has 0 aromatic heterocycles. The van der Waals surface area contributed by atoms with Gasteiger partial charge >= 0.3 is 5.97 Å². The molecule has 0 bridgehead atoms. The van der Waals surface area contributed by atoms with E-state index in [9.17, 15) is 14.4 Å². The van der Waals surface area contributed by atoms with Crippen molar-refractivity contribution in [3.05, 3.63) is 28.8 Å². The fraction of sp³-hybridized carbons (Fsp3) is 0.550. The van der Waals surface area contributed by atoms with Crippen LogP contribution in [0.1, 0.15) is 43.4 Å². The van der Waals surface area contributed by atoms with E-state index in [0.717, 1.165) is 22.4 Å². The number of esters is 1. The van der Waals surface area contributed by atoms with E-state index in [4.69, 9.17) is 4.74 Å². The van der Waals surface area contributed by atoms with Crippen molar-refractivity contribution in [1.82, 2.24) is 4.90 Å². The van der Waals surface area contributed by atoms with Crippen LogP contribution in [0.3, 0.4) is 0 Å². The van der Waals surface area contributed by atoms with Gasteiger partial charge in [-0.3, -0.25) is 19.3 Å². The van der Waals surface area contributed by atoms with Gasteiger partial charge in [-0.1, -0.05) is 17.7 Å². The minimum absolute atomic E-state index is 0.105. The molecular formula is C20H28N2O4. The molecule has 0 N–H and O–H groups in total. The normalized spacial score (nSPS) is 19.8. The first-order valence-electron chi connectivity index (χ1n) is 8.90. The summed E-state index contributed by atoms with van der Waals surface area (Å²) in [6.45, 7) is 9.36. The fourth-order valence-electron chi connectivity index (χ4n) is 4.01. The average molecular weight is 360 g/mol. The van der Waals surface area contributed by atoms with Crippen LogP contribution in [0.25, 0.3) is 0 Å². The molecule has 0 spiro atoms. The first-order valence-corrected chi connectivity index (χ1v) is 8.90. The number of piperidine rings is 1. The van der Waals surface area contributed by atoms with Gasteiger partial charge in [0, 0.05) is 26.8 Å². The zero-order valence-corrected chi connectivity index (χ0v) is 16.5. The second-order valence-corrected chi connectivity index (χ2v) is 7.07. The Morgan fingerprint density at radius 2 is 1.69 bits per heavy atom. The smallest absolute Gasteiger partial charge is 0.308 e. The molecule has 1 aromatic rings. The molecule has 0 radical (unpaired) electrons. The number of ether oxygens (including phenoxy) is 1. The molecule has 2 atom stereocenters. The molecular weight excluding hydrogens is 332 g/mol. The molecule has 142 valence electrons. The van der Waals surface area contributed by atoms with Crippen LogP contribution in [-0.2, 0) is 19.1 Å². The zero-order valence-electron chi connectivity index (χ0n) is 16.5. The topological polar surface area (TPSA) is 66.9 Å². The molecule has 1 saturated heterocycles. The van der Waals surface area contributed by atoms with Crippen LogP contribution in [-0.4, -0.2) is 42.5 Å². The molecule has 26 heavy (non-hydrogen) atoms. The maximum Gasteiger partial charge on any atom is 0.308 e. The lowest BCUT2D eigenvalue weighted by molar-refractivity contribution is -0.150. The number of rotatable bonds is 3. The predicted octanol–water partition coefficient (Wildman–Crippen LogP) is 2.72. The number of aryl methyl sites for hydroxylation is 3. The summed E-state index contributed by atoms with van der Waals surface area (Å²) in [6, 6.07) is 4.05. The molecule has 2 unspecified atom stereocenters. The molecule has 6 heteroatoms. The van der Waals surface area contributed by atoms with Gasteiger partial charge in [0.15, 0.2) is 0 Å². The van der Waals surface area contributed by atoms with Crippen LogP contribution in [0.4, 0.5) is 5.69 Å². The third-order valence-electron chi connectivity index (χ3n) is 5.03. The summed E-state index contributed by atoms with van der Waals surface area (Å²) in [5, 5.41) is 0. The summed E-state index contributed by atoms with van der Waals surface area (Å²) >= 11 is 0. The highest BCUT2D eigenvalue weighted by molar-refractivity contribution is 5.94. The predicted molar refractivity (Wildman–Crippen MR) is 99.7 cm³/mol. The Labute approximate surface area is 155 Å². The van der Waals surface area contributed by atoms with Crippen LogP contribution in [0.5, 0.6) is 0 Å². The van der Waals surface area contributed by atoms with Crippen LogP contribution < -0.4 is 4.90 Å². The van der Waals surface area contributed by atoms with Gasteiger partial charge in [0.2, 0.25) is 11.8 Å². The number of carbonyl (C=O) groups excluding carboxylic acids is 3. The van der Waals surface area contributed by atoms with Crippen molar-refractivity contribution < 1.29 is 19.1 Å². The summed E-state index contributed by atoms with van der Waals surface area (Å²) in [6.07, 6.45) is 0.418. The summed E-state index contributed by atoms with van der Waals surface area (Å²) in [4.78, 5) is 40.2. The van der Waals surface area contributed by atoms with Gasteiger partial charge in [0.05, 0.1) is 18.7 Å². The Bertz CT molecular complexity index is 706. The molecule has 1 aliphatic rings. The molecule has 0 saturated carbocycles. The number of hydrogen-bond acceptors (Lipinski definition) is 4. The fourth-order valence-corrected chi connectivity index (χ4v) is 4.01. The Kier molecular flexibility index (Phi) is 6.05. The van der Waals surface area contributed by atoms with Crippen LogP contribution in [0.15, 0.2) is 12.1 Å². The van der Waals surface area contributed by atoms with E-state index >= 15 is 0 Å². The van der Waals surface area contributed by atoms with Crippen molar-refractivity contribution in [3.8, 4) is 0 Å². The molecule has 2 amide bonds. The van der Waals surface area contributed by atoms with Crippen molar-refractivity contribution >= 4 is 23.5 Å². The summed E-state index contributed by atoms with van der Waals surface area (Å²) in [5.74, 6) is -0.874. The minimum atomic E-state index is -0.497. The monoisotopic (exact) mass is 360 g/mol. The first kappa shape index (κ1) is 19.9. The van der Waals surface area contributed by atoms with Gasteiger partial charge in [0.25, 0.3) is 0 Å². The van der Waals surface area contributed by atoms with Gasteiger partial charge in [-0.15, -0.1) is 0 Å². The minimum Gasteiger partial charge on any atom is -0.469 e. The largest absolute Gasteiger partial charge is 0.469 e. The highest BCUT2D eigenvalue weighted by Gasteiger charge is 2.39. The van der Waals surface area contributed by atoms with Gasteiger partial charge in [-0.25, -0.2) is 0 Å². The molecule has 1 aromatic carbocycles. The Hall–Kier alpha value is -2.37. The van der Waals surface area contributed by atoms with Crippen LogP contribution >= 0.6 is 0 Å². The quantitative estimate of drug-likeness (QED) is 0.778. The van der Waals surface area contributed by atoms with Crippen molar-refractivity contribution in [2.75, 3.05) is 18.6 Å². The molecule has 6 nitrogen and oxygen atoms in total. The van der Waals surface area contributed by atoms with Gasteiger partial charge in [-0.2, -0.15) is 0 Å². The number of likely N-dealkylation sites (tertiary alicyclic amines) is 1. The SMILES string of the molecule is COC(=O)C1CCN(C(C)=O)C(N(C(C)=O)c2c(C)cc(C)cc2C)C1. The number of nitrogens with zero attached hydrogens (tertiary/aromatic N) is 2. The average Bonchev–Trinajstić information content (AvgIpc) is 2.56. The van der Waals surface area contributed by atoms with E-state index in [1.165, 1.54) is 21.0 Å². The van der Waals surface area contributed by atoms with E-state index < -0.39 is 6.17 Å². The Balaban J connectivity index is 2.53. The van der Waals surface area contributed by atoms with Crippen LogP contribution in [0.2, 0.25) is 0 Å². The standard InChI is InChI=1S/C20H28N2O4/c1-12-9-13(2)19(14(3)10-12)22(16(5)24)18-11-17(20(25)26-6)7-8-21(18)15(4)23/h9-10,17-18H,7-8,11H2,1-6H3. The lowest BCUT2D eigenvalue weighted by atomic mass is 9.92. The number of amides is 2. The van der Waals surface area contributed by atoms with E-state index in [-0.39, 0.29) is 23.7 Å². The van der Waals surface area contributed by atoms with Gasteiger partial charge in [0.1, 0.15) is 6.17 Å².